The minimum Gasteiger partial charge on any atom is -0.292 e. The monoisotopic (exact) mass is 240 g/mol. The molecule has 2 rings (SSSR count). The summed E-state index contributed by atoms with van der Waals surface area (Å²) in [6, 6.07) is 3.54. The standard InChI is InChI=1S/C10H9ClN2OS/c1-13-8(2-3-12-13)9(14)4-7-5-10(11)15-6-7/h2-3,5-6H,4H2,1H3. The third kappa shape index (κ3) is 2.27. The molecule has 0 N–H and O–H groups in total. The van der Waals surface area contributed by atoms with E-state index in [0.29, 0.717) is 16.5 Å². The molecule has 0 radical (unpaired) electrons. The molecule has 0 bridgehead atoms. The summed E-state index contributed by atoms with van der Waals surface area (Å²) in [7, 11) is 1.76. The van der Waals surface area contributed by atoms with Gasteiger partial charge in [0.15, 0.2) is 5.78 Å². The van der Waals surface area contributed by atoms with Crippen LogP contribution in [0.15, 0.2) is 23.7 Å². The first-order chi connectivity index (χ1) is 7.16. The summed E-state index contributed by atoms with van der Waals surface area (Å²) in [6.45, 7) is 0. The van der Waals surface area contributed by atoms with Crippen LogP contribution in [0.5, 0.6) is 0 Å². The van der Waals surface area contributed by atoms with Crippen molar-refractivity contribution in [2.75, 3.05) is 0 Å². The van der Waals surface area contributed by atoms with Crippen molar-refractivity contribution in [2.24, 2.45) is 7.05 Å². The van der Waals surface area contributed by atoms with Crippen LogP contribution in [-0.2, 0) is 13.5 Å². The Bertz CT molecular complexity index is 489. The molecule has 2 aromatic rings. The van der Waals surface area contributed by atoms with Crippen molar-refractivity contribution in [3.8, 4) is 0 Å². The van der Waals surface area contributed by atoms with Crippen LogP contribution in [0.1, 0.15) is 16.1 Å². The number of hydrogen-bond donors (Lipinski definition) is 0. The van der Waals surface area contributed by atoms with Crippen molar-refractivity contribution in [1.29, 1.82) is 0 Å². The Morgan fingerprint density at radius 2 is 2.47 bits per heavy atom. The van der Waals surface area contributed by atoms with Gasteiger partial charge in [-0.3, -0.25) is 9.48 Å². The Hall–Kier alpha value is -1.13. The highest BCUT2D eigenvalue weighted by molar-refractivity contribution is 7.14. The number of rotatable bonds is 3. The zero-order chi connectivity index (χ0) is 10.8. The van der Waals surface area contributed by atoms with Crippen LogP contribution in [-0.4, -0.2) is 15.6 Å². The summed E-state index contributed by atoms with van der Waals surface area (Å²) >= 11 is 7.23. The minimum absolute atomic E-state index is 0.0597. The smallest absolute Gasteiger partial charge is 0.185 e. The SMILES string of the molecule is Cn1nccc1C(=O)Cc1csc(Cl)c1. The minimum atomic E-state index is 0.0597. The van der Waals surface area contributed by atoms with Gasteiger partial charge < -0.3 is 0 Å². The number of aromatic nitrogens is 2. The van der Waals surface area contributed by atoms with Gasteiger partial charge in [-0.25, -0.2) is 0 Å². The van der Waals surface area contributed by atoms with Gasteiger partial charge in [0.25, 0.3) is 0 Å². The van der Waals surface area contributed by atoms with Crippen LogP contribution in [0.4, 0.5) is 0 Å². The lowest BCUT2D eigenvalue weighted by molar-refractivity contribution is 0.0984. The molecule has 0 aliphatic rings. The second kappa shape index (κ2) is 4.16. The van der Waals surface area contributed by atoms with Crippen molar-refractivity contribution in [2.45, 2.75) is 6.42 Å². The number of Topliss-reactive ketones (excluding diaryl/α,β-unsaturated/α-hetero) is 1. The molecule has 2 heterocycles. The lowest BCUT2D eigenvalue weighted by Gasteiger charge is -1.99. The number of thiophene rings is 1. The summed E-state index contributed by atoms with van der Waals surface area (Å²) in [5.74, 6) is 0.0597. The van der Waals surface area contributed by atoms with Crippen molar-refractivity contribution in [3.63, 3.8) is 0 Å². The largest absolute Gasteiger partial charge is 0.292 e. The molecule has 0 spiro atoms. The zero-order valence-corrected chi connectivity index (χ0v) is 9.68. The molecule has 15 heavy (non-hydrogen) atoms. The quantitative estimate of drug-likeness (QED) is 0.773. The van der Waals surface area contributed by atoms with E-state index < -0.39 is 0 Å². The fourth-order valence-corrected chi connectivity index (χ4v) is 2.27. The molecule has 0 saturated heterocycles. The Kier molecular flexibility index (Phi) is 2.88. The van der Waals surface area contributed by atoms with Crippen LogP contribution in [0.25, 0.3) is 0 Å². The summed E-state index contributed by atoms with van der Waals surface area (Å²) in [6.07, 6.45) is 2.00. The van der Waals surface area contributed by atoms with Crippen molar-refractivity contribution in [1.82, 2.24) is 9.78 Å². The number of hydrogen-bond acceptors (Lipinski definition) is 3. The first-order valence-corrected chi connectivity index (χ1v) is 5.66. The van der Waals surface area contributed by atoms with Gasteiger partial charge in [-0.1, -0.05) is 11.6 Å². The average Bonchev–Trinajstić information content (AvgIpc) is 2.75. The highest BCUT2D eigenvalue weighted by atomic mass is 35.5. The van der Waals surface area contributed by atoms with Crippen molar-refractivity contribution < 1.29 is 4.79 Å². The Labute approximate surface area is 96.3 Å². The van der Waals surface area contributed by atoms with E-state index in [9.17, 15) is 4.79 Å². The predicted octanol–water partition coefficient (Wildman–Crippen LogP) is 2.56. The predicted molar refractivity (Wildman–Crippen MR) is 60.6 cm³/mol. The molecule has 0 aliphatic heterocycles. The number of ketones is 1. The first-order valence-electron chi connectivity index (χ1n) is 4.41. The third-order valence-electron chi connectivity index (χ3n) is 2.09. The molecule has 0 unspecified atom stereocenters. The van der Waals surface area contributed by atoms with E-state index in [1.165, 1.54) is 11.3 Å². The van der Waals surface area contributed by atoms with Gasteiger partial charge in [-0.05, 0) is 23.1 Å². The highest BCUT2D eigenvalue weighted by Gasteiger charge is 2.11. The van der Waals surface area contributed by atoms with Crippen LogP contribution in [0.2, 0.25) is 4.34 Å². The van der Waals surface area contributed by atoms with E-state index >= 15 is 0 Å². The lowest BCUT2D eigenvalue weighted by Crippen LogP contribution is -2.09. The molecular weight excluding hydrogens is 232 g/mol. The van der Waals surface area contributed by atoms with E-state index in [2.05, 4.69) is 5.10 Å². The van der Waals surface area contributed by atoms with Crippen LogP contribution in [0, 0.1) is 0 Å². The fraction of sp³-hybridized carbons (Fsp3) is 0.200. The lowest BCUT2D eigenvalue weighted by atomic mass is 10.1. The van der Waals surface area contributed by atoms with Gasteiger partial charge in [0.1, 0.15) is 5.69 Å². The Morgan fingerprint density at radius 3 is 3.00 bits per heavy atom. The second-order valence-corrected chi connectivity index (χ2v) is 4.74. The van der Waals surface area contributed by atoms with E-state index in [1.807, 2.05) is 11.4 Å². The van der Waals surface area contributed by atoms with Gasteiger partial charge >= 0.3 is 0 Å². The molecule has 2 aromatic heterocycles. The molecule has 0 saturated carbocycles. The van der Waals surface area contributed by atoms with Crippen LogP contribution in [0.3, 0.4) is 0 Å². The molecule has 0 amide bonds. The molecule has 5 heteroatoms. The molecule has 78 valence electrons. The number of halogens is 1. The van der Waals surface area contributed by atoms with Crippen molar-refractivity contribution >= 4 is 28.7 Å². The zero-order valence-electron chi connectivity index (χ0n) is 8.11. The maximum absolute atomic E-state index is 11.8. The number of nitrogens with zero attached hydrogens (tertiary/aromatic N) is 2. The number of aryl methyl sites for hydroxylation is 1. The summed E-state index contributed by atoms with van der Waals surface area (Å²) in [5, 5.41) is 5.86. The molecular formula is C10H9ClN2OS. The highest BCUT2D eigenvalue weighted by Crippen LogP contribution is 2.21. The van der Waals surface area contributed by atoms with E-state index in [0.717, 1.165) is 5.56 Å². The Morgan fingerprint density at radius 1 is 1.67 bits per heavy atom. The van der Waals surface area contributed by atoms with Crippen LogP contribution < -0.4 is 0 Å². The van der Waals surface area contributed by atoms with E-state index in [-0.39, 0.29) is 5.78 Å². The molecule has 3 nitrogen and oxygen atoms in total. The maximum atomic E-state index is 11.8. The van der Waals surface area contributed by atoms with E-state index in [1.54, 1.807) is 24.0 Å². The van der Waals surface area contributed by atoms with Crippen molar-refractivity contribution in [3.05, 3.63) is 39.3 Å². The normalized spacial score (nSPS) is 10.5. The Balaban J connectivity index is 2.14. The summed E-state index contributed by atoms with van der Waals surface area (Å²) in [5.41, 5.74) is 1.58. The van der Waals surface area contributed by atoms with Gasteiger partial charge in [0.2, 0.25) is 0 Å². The average molecular weight is 241 g/mol. The summed E-state index contributed by atoms with van der Waals surface area (Å²) < 4.78 is 2.29. The molecule has 0 fully saturated rings. The molecule has 0 aliphatic carbocycles. The first kappa shape index (κ1) is 10.4. The third-order valence-corrected chi connectivity index (χ3v) is 3.23. The number of carbonyl (C=O) groups excluding carboxylic acids is 1. The summed E-state index contributed by atoms with van der Waals surface area (Å²) in [4.78, 5) is 11.8. The van der Waals surface area contributed by atoms with Crippen LogP contribution >= 0.6 is 22.9 Å². The van der Waals surface area contributed by atoms with Gasteiger partial charge in [0, 0.05) is 19.7 Å². The maximum Gasteiger partial charge on any atom is 0.185 e. The van der Waals surface area contributed by atoms with Gasteiger partial charge in [0.05, 0.1) is 4.34 Å². The molecule has 0 aromatic carbocycles. The van der Waals surface area contributed by atoms with E-state index in [4.69, 9.17) is 11.6 Å². The topological polar surface area (TPSA) is 34.9 Å². The van der Waals surface area contributed by atoms with Gasteiger partial charge in [-0.2, -0.15) is 5.10 Å². The second-order valence-electron chi connectivity index (χ2n) is 3.20. The fourth-order valence-electron chi connectivity index (χ4n) is 1.36. The molecule has 0 atom stereocenters. The number of carbonyl (C=O) groups is 1. The van der Waals surface area contributed by atoms with Gasteiger partial charge in [-0.15, -0.1) is 11.3 Å².